The quantitative estimate of drug-likeness (QED) is 0.900. The molecule has 0 spiro atoms. The van der Waals surface area contributed by atoms with Crippen LogP contribution in [-0.4, -0.2) is 22.5 Å². The zero-order chi connectivity index (χ0) is 11.6. The summed E-state index contributed by atoms with van der Waals surface area (Å²) in [6.07, 6.45) is 1.31. The second kappa shape index (κ2) is 5.07. The minimum Gasteiger partial charge on any atom is -0.307 e. The Morgan fingerprint density at radius 2 is 2.31 bits per heavy atom. The fraction of sp³-hybridized carbons (Fsp3) is 0.750. The number of thiazole rings is 1. The minimum absolute atomic E-state index is 0.179. The molecule has 4 heteroatoms. The lowest BCUT2D eigenvalue weighted by atomic mass is 9.93. The molecule has 1 unspecified atom stereocenters. The predicted molar refractivity (Wildman–Crippen MR) is 73.4 cm³/mol. The van der Waals surface area contributed by atoms with Crippen molar-refractivity contribution in [1.29, 1.82) is 0 Å². The van der Waals surface area contributed by atoms with Crippen LogP contribution < -0.4 is 5.32 Å². The van der Waals surface area contributed by atoms with Gasteiger partial charge in [0.05, 0.1) is 5.69 Å². The molecule has 1 aromatic heterocycles. The molecule has 0 radical (unpaired) electrons. The van der Waals surface area contributed by atoms with Crippen LogP contribution in [0.4, 0.5) is 0 Å². The number of nitrogens with zero attached hydrogens (tertiary/aromatic N) is 1. The van der Waals surface area contributed by atoms with Crippen LogP contribution in [0.3, 0.4) is 0 Å². The lowest BCUT2D eigenvalue weighted by Crippen LogP contribution is -2.28. The number of hydrogen-bond acceptors (Lipinski definition) is 4. The molecule has 2 heterocycles. The van der Waals surface area contributed by atoms with E-state index in [4.69, 9.17) is 4.98 Å². The van der Waals surface area contributed by atoms with Crippen molar-refractivity contribution in [3.8, 4) is 0 Å². The molecule has 1 saturated heterocycles. The van der Waals surface area contributed by atoms with E-state index in [-0.39, 0.29) is 5.41 Å². The van der Waals surface area contributed by atoms with E-state index in [9.17, 15) is 0 Å². The van der Waals surface area contributed by atoms with Gasteiger partial charge in [0.25, 0.3) is 0 Å². The van der Waals surface area contributed by atoms with E-state index >= 15 is 0 Å². The topological polar surface area (TPSA) is 24.9 Å². The van der Waals surface area contributed by atoms with Gasteiger partial charge in [0.1, 0.15) is 5.01 Å². The Bertz CT molecular complexity index is 335. The van der Waals surface area contributed by atoms with Gasteiger partial charge in [0.2, 0.25) is 0 Å². The minimum atomic E-state index is 0.179. The second-order valence-corrected chi connectivity index (χ2v) is 7.41. The van der Waals surface area contributed by atoms with E-state index in [0.717, 1.165) is 6.54 Å². The third-order valence-electron chi connectivity index (χ3n) is 2.79. The second-order valence-electron chi connectivity index (χ2n) is 5.32. The molecule has 0 bridgehead atoms. The molecule has 2 rings (SSSR count). The van der Waals surface area contributed by atoms with Crippen molar-refractivity contribution in [2.45, 2.75) is 45.2 Å². The average Bonchev–Trinajstić information content (AvgIpc) is 2.85. The van der Waals surface area contributed by atoms with Gasteiger partial charge in [-0.3, -0.25) is 0 Å². The van der Waals surface area contributed by atoms with Gasteiger partial charge in [-0.1, -0.05) is 20.8 Å². The molecule has 2 nitrogen and oxygen atoms in total. The predicted octanol–water partition coefficient (Wildman–Crippen LogP) is 3.04. The zero-order valence-electron chi connectivity index (χ0n) is 10.2. The highest BCUT2D eigenvalue weighted by Crippen LogP contribution is 2.24. The van der Waals surface area contributed by atoms with Crippen LogP contribution in [0.1, 0.15) is 37.9 Å². The Balaban J connectivity index is 1.87. The molecule has 0 saturated carbocycles. The van der Waals surface area contributed by atoms with E-state index in [1.54, 1.807) is 11.3 Å². The molecule has 1 aliphatic rings. The highest BCUT2D eigenvalue weighted by Gasteiger charge is 2.18. The Morgan fingerprint density at radius 1 is 1.50 bits per heavy atom. The first-order valence-electron chi connectivity index (χ1n) is 5.82. The molecular formula is C12H20N2S2. The fourth-order valence-corrected chi connectivity index (χ4v) is 3.82. The lowest BCUT2D eigenvalue weighted by Gasteiger charge is -2.14. The van der Waals surface area contributed by atoms with Gasteiger partial charge < -0.3 is 5.32 Å². The van der Waals surface area contributed by atoms with Crippen molar-refractivity contribution in [3.05, 3.63) is 16.1 Å². The number of nitrogens with one attached hydrogen (secondary N) is 1. The number of thioether (sulfide) groups is 1. The summed E-state index contributed by atoms with van der Waals surface area (Å²) in [6, 6.07) is 0.701. The van der Waals surface area contributed by atoms with Crippen LogP contribution >= 0.6 is 23.1 Å². The van der Waals surface area contributed by atoms with E-state index in [2.05, 4.69) is 31.5 Å². The standard InChI is InChI=1S/C12H20N2S2/c1-12(2,3)10-8-16-11(14-10)6-13-9-4-5-15-7-9/h8-9,13H,4-7H2,1-3H3. The van der Waals surface area contributed by atoms with Crippen molar-refractivity contribution >= 4 is 23.1 Å². The zero-order valence-corrected chi connectivity index (χ0v) is 11.9. The van der Waals surface area contributed by atoms with Crippen molar-refractivity contribution in [2.75, 3.05) is 11.5 Å². The van der Waals surface area contributed by atoms with Gasteiger partial charge in [-0.2, -0.15) is 11.8 Å². The molecule has 1 aromatic rings. The number of aromatic nitrogens is 1. The molecule has 0 amide bonds. The van der Waals surface area contributed by atoms with Gasteiger partial charge in [-0.05, 0) is 12.2 Å². The Labute approximate surface area is 106 Å². The summed E-state index contributed by atoms with van der Waals surface area (Å²) in [5.74, 6) is 2.57. The first-order valence-corrected chi connectivity index (χ1v) is 7.85. The van der Waals surface area contributed by atoms with Crippen LogP contribution in [0.2, 0.25) is 0 Å². The van der Waals surface area contributed by atoms with Gasteiger partial charge >= 0.3 is 0 Å². The van der Waals surface area contributed by atoms with Crippen molar-refractivity contribution in [1.82, 2.24) is 10.3 Å². The van der Waals surface area contributed by atoms with Gasteiger partial charge in [-0.15, -0.1) is 11.3 Å². The molecule has 1 aliphatic heterocycles. The lowest BCUT2D eigenvalue weighted by molar-refractivity contribution is 0.545. The maximum atomic E-state index is 4.69. The highest BCUT2D eigenvalue weighted by atomic mass is 32.2. The smallest absolute Gasteiger partial charge is 0.107 e. The third kappa shape index (κ3) is 3.22. The number of rotatable bonds is 3. The average molecular weight is 256 g/mol. The fourth-order valence-electron chi connectivity index (χ4n) is 1.66. The summed E-state index contributed by atoms with van der Waals surface area (Å²) >= 11 is 3.83. The number of hydrogen-bond donors (Lipinski definition) is 1. The monoisotopic (exact) mass is 256 g/mol. The molecule has 0 aliphatic carbocycles. The molecule has 1 N–H and O–H groups in total. The molecule has 90 valence electrons. The Hall–Kier alpha value is -0.0600. The van der Waals surface area contributed by atoms with Crippen LogP contribution in [0.5, 0.6) is 0 Å². The van der Waals surface area contributed by atoms with E-state index in [0.29, 0.717) is 6.04 Å². The van der Waals surface area contributed by atoms with Crippen molar-refractivity contribution in [3.63, 3.8) is 0 Å². The van der Waals surface area contributed by atoms with Gasteiger partial charge in [0, 0.05) is 29.1 Å². The largest absolute Gasteiger partial charge is 0.307 e. The SMILES string of the molecule is CC(C)(C)c1csc(CNC2CCSC2)n1. The summed E-state index contributed by atoms with van der Waals surface area (Å²) in [4.78, 5) is 4.69. The molecular weight excluding hydrogens is 236 g/mol. The van der Waals surface area contributed by atoms with E-state index in [1.165, 1.54) is 28.6 Å². The molecule has 1 atom stereocenters. The summed E-state index contributed by atoms with van der Waals surface area (Å²) < 4.78 is 0. The van der Waals surface area contributed by atoms with Crippen LogP contribution in [0, 0.1) is 0 Å². The van der Waals surface area contributed by atoms with E-state index in [1.807, 2.05) is 11.8 Å². The maximum Gasteiger partial charge on any atom is 0.107 e. The van der Waals surface area contributed by atoms with E-state index < -0.39 is 0 Å². The van der Waals surface area contributed by atoms with Gasteiger partial charge in [0.15, 0.2) is 0 Å². The first kappa shape index (κ1) is 12.4. The first-order chi connectivity index (χ1) is 7.55. The third-order valence-corrected chi connectivity index (χ3v) is 4.80. The molecule has 1 fully saturated rings. The summed E-state index contributed by atoms with van der Waals surface area (Å²) in [5.41, 5.74) is 1.40. The molecule has 0 aromatic carbocycles. The van der Waals surface area contributed by atoms with Crippen molar-refractivity contribution < 1.29 is 0 Å². The summed E-state index contributed by atoms with van der Waals surface area (Å²) in [5, 5.41) is 7.01. The normalized spacial score (nSPS) is 21.6. The summed E-state index contributed by atoms with van der Waals surface area (Å²) in [6.45, 7) is 7.58. The Morgan fingerprint density at radius 3 is 2.88 bits per heavy atom. The van der Waals surface area contributed by atoms with Crippen LogP contribution in [0.25, 0.3) is 0 Å². The maximum absolute atomic E-state index is 4.69. The Kier molecular flexibility index (Phi) is 3.93. The van der Waals surface area contributed by atoms with Crippen LogP contribution in [-0.2, 0) is 12.0 Å². The highest BCUT2D eigenvalue weighted by molar-refractivity contribution is 7.99. The summed E-state index contributed by atoms with van der Waals surface area (Å²) in [7, 11) is 0. The molecule has 16 heavy (non-hydrogen) atoms. The van der Waals surface area contributed by atoms with Crippen LogP contribution in [0.15, 0.2) is 5.38 Å². The van der Waals surface area contributed by atoms with Gasteiger partial charge in [-0.25, -0.2) is 4.98 Å². The van der Waals surface area contributed by atoms with Crippen molar-refractivity contribution in [2.24, 2.45) is 0 Å².